The molecule has 0 atom stereocenters. The molecule has 3 aromatic carbocycles. The van der Waals surface area contributed by atoms with Gasteiger partial charge in [-0.05, 0) is 53.3 Å². The molecule has 0 aliphatic heterocycles. The van der Waals surface area contributed by atoms with Gasteiger partial charge in [0.1, 0.15) is 18.1 Å². The molecule has 4 aromatic rings. The van der Waals surface area contributed by atoms with E-state index in [9.17, 15) is 0 Å². The summed E-state index contributed by atoms with van der Waals surface area (Å²) in [7, 11) is 1.67. The Kier molecular flexibility index (Phi) is 7.51. The summed E-state index contributed by atoms with van der Waals surface area (Å²) in [5.41, 5.74) is 9.30. The maximum absolute atomic E-state index is 6.30. The van der Waals surface area contributed by atoms with Gasteiger partial charge in [-0.25, -0.2) is 4.98 Å². The maximum atomic E-state index is 6.30. The molecule has 0 bridgehead atoms. The smallest absolute Gasteiger partial charge is 0.203 e. The van der Waals surface area contributed by atoms with Gasteiger partial charge in [0, 0.05) is 16.5 Å². The quantitative estimate of drug-likeness (QED) is 0.208. The lowest BCUT2D eigenvalue weighted by atomic mass is 9.86. The molecule has 0 aliphatic carbocycles. The lowest BCUT2D eigenvalue weighted by molar-refractivity contribution is 0.289. The molecule has 180 valence electrons. The number of thiazole rings is 1. The molecule has 0 saturated heterocycles. The van der Waals surface area contributed by atoms with Gasteiger partial charge in [0.05, 0.1) is 19.0 Å². The van der Waals surface area contributed by atoms with Gasteiger partial charge in [0.2, 0.25) is 5.13 Å². The highest BCUT2D eigenvalue weighted by Crippen LogP contribution is 2.33. The number of benzene rings is 3. The number of nitrogens with one attached hydrogen (secondary N) is 1. The summed E-state index contributed by atoms with van der Waals surface area (Å²) in [6.07, 6.45) is 1.78. The highest BCUT2D eigenvalue weighted by Gasteiger charge is 2.19. The number of aryl methyl sites for hydroxylation is 1. The van der Waals surface area contributed by atoms with Gasteiger partial charge >= 0.3 is 0 Å². The van der Waals surface area contributed by atoms with Crippen LogP contribution in [0.1, 0.15) is 43.0 Å². The van der Waals surface area contributed by atoms with E-state index in [1.165, 1.54) is 22.5 Å². The number of aromatic nitrogens is 1. The first-order valence-electron chi connectivity index (χ1n) is 11.5. The number of rotatable bonds is 8. The molecule has 35 heavy (non-hydrogen) atoms. The highest BCUT2D eigenvalue weighted by molar-refractivity contribution is 7.14. The fourth-order valence-electron chi connectivity index (χ4n) is 3.74. The number of hydrogen-bond donors (Lipinski definition) is 1. The SMILES string of the molecule is COc1ccc(C=NNc2nc(-c3ccccc3)cs2)cc1COc1cc(C)ccc1C(C)(C)C. The van der Waals surface area contributed by atoms with E-state index >= 15 is 0 Å². The first kappa shape index (κ1) is 24.5. The molecule has 4 rings (SSSR count). The van der Waals surface area contributed by atoms with E-state index < -0.39 is 0 Å². The van der Waals surface area contributed by atoms with Gasteiger partial charge in [-0.1, -0.05) is 63.2 Å². The van der Waals surface area contributed by atoms with Crippen molar-refractivity contribution in [2.45, 2.75) is 39.7 Å². The first-order valence-corrected chi connectivity index (χ1v) is 12.4. The molecule has 0 aliphatic rings. The second kappa shape index (κ2) is 10.7. The number of hydrazone groups is 1. The lowest BCUT2D eigenvalue weighted by Gasteiger charge is -2.23. The Morgan fingerprint density at radius 3 is 2.54 bits per heavy atom. The van der Waals surface area contributed by atoms with E-state index in [1.54, 1.807) is 13.3 Å². The highest BCUT2D eigenvalue weighted by atomic mass is 32.1. The number of nitrogens with zero attached hydrogens (tertiary/aromatic N) is 2. The minimum atomic E-state index is -0.0104. The van der Waals surface area contributed by atoms with Crippen molar-refractivity contribution in [1.82, 2.24) is 4.98 Å². The van der Waals surface area contributed by atoms with Gasteiger partial charge in [-0.3, -0.25) is 5.43 Å². The molecule has 6 heteroatoms. The zero-order chi connectivity index (χ0) is 24.8. The number of anilines is 1. The van der Waals surface area contributed by atoms with E-state index in [2.05, 4.69) is 61.4 Å². The van der Waals surface area contributed by atoms with Crippen molar-refractivity contribution in [3.63, 3.8) is 0 Å². The molecule has 1 N–H and O–H groups in total. The summed E-state index contributed by atoms with van der Waals surface area (Å²) in [4.78, 5) is 4.61. The van der Waals surface area contributed by atoms with E-state index in [-0.39, 0.29) is 5.41 Å². The van der Waals surface area contributed by atoms with Crippen LogP contribution in [-0.4, -0.2) is 18.3 Å². The topological polar surface area (TPSA) is 55.7 Å². The summed E-state index contributed by atoms with van der Waals surface area (Å²) in [6.45, 7) is 9.06. The minimum Gasteiger partial charge on any atom is -0.496 e. The molecule has 0 unspecified atom stereocenters. The Hall–Kier alpha value is -3.64. The minimum absolute atomic E-state index is 0.0104. The predicted molar refractivity (Wildman–Crippen MR) is 146 cm³/mol. The second-order valence-corrected chi connectivity index (χ2v) is 10.2. The van der Waals surface area contributed by atoms with E-state index in [4.69, 9.17) is 9.47 Å². The van der Waals surface area contributed by atoms with Gasteiger partial charge in [-0.15, -0.1) is 11.3 Å². The third-order valence-electron chi connectivity index (χ3n) is 5.58. The normalized spacial score (nSPS) is 11.6. The van der Waals surface area contributed by atoms with Crippen molar-refractivity contribution >= 4 is 22.7 Å². The molecular weight excluding hydrogens is 454 g/mol. The van der Waals surface area contributed by atoms with Crippen molar-refractivity contribution in [1.29, 1.82) is 0 Å². The van der Waals surface area contributed by atoms with Crippen LogP contribution >= 0.6 is 11.3 Å². The lowest BCUT2D eigenvalue weighted by Crippen LogP contribution is -2.13. The van der Waals surface area contributed by atoms with E-state index in [0.717, 1.165) is 39.0 Å². The van der Waals surface area contributed by atoms with E-state index in [0.29, 0.717) is 6.61 Å². The Morgan fingerprint density at radius 1 is 1.00 bits per heavy atom. The van der Waals surface area contributed by atoms with Crippen LogP contribution in [0.5, 0.6) is 11.5 Å². The van der Waals surface area contributed by atoms with Gasteiger partial charge < -0.3 is 9.47 Å². The van der Waals surface area contributed by atoms with Gasteiger partial charge in [0.15, 0.2) is 0 Å². The molecule has 0 radical (unpaired) electrons. The fourth-order valence-corrected chi connectivity index (χ4v) is 4.41. The molecule has 1 heterocycles. The Morgan fingerprint density at radius 2 is 1.80 bits per heavy atom. The fraction of sp³-hybridized carbons (Fsp3) is 0.241. The van der Waals surface area contributed by atoms with Gasteiger partial charge in [-0.2, -0.15) is 5.10 Å². The summed E-state index contributed by atoms with van der Waals surface area (Å²) in [6, 6.07) is 22.4. The largest absolute Gasteiger partial charge is 0.496 e. The average molecular weight is 486 g/mol. The second-order valence-electron chi connectivity index (χ2n) is 9.38. The van der Waals surface area contributed by atoms with Crippen LogP contribution in [0.4, 0.5) is 5.13 Å². The van der Waals surface area contributed by atoms with Crippen molar-refractivity contribution in [2.75, 3.05) is 12.5 Å². The van der Waals surface area contributed by atoms with Crippen molar-refractivity contribution in [3.8, 4) is 22.8 Å². The third kappa shape index (κ3) is 6.28. The van der Waals surface area contributed by atoms with Crippen LogP contribution in [0, 0.1) is 6.92 Å². The number of ether oxygens (including phenoxy) is 2. The molecular formula is C29H31N3O2S. The summed E-state index contributed by atoms with van der Waals surface area (Å²) in [5.74, 6) is 1.69. The maximum Gasteiger partial charge on any atom is 0.203 e. The Bertz CT molecular complexity index is 1310. The monoisotopic (exact) mass is 485 g/mol. The molecule has 0 saturated carbocycles. The first-order chi connectivity index (χ1) is 16.8. The Labute approximate surface area is 211 Å². The predicted octanol–water partition coefficient (Wildman–Crippen LogP) is 7.45. The van der Waals surface area contributed by atoms with Crippen LogP contribution in [0.2, 0.25) is 0 Å². The van der Waals surface area contributed by atoms with Crippen molar-refractivity contribution in [2.24, 2.45) is 5.10 Å². The van der Waals surface area contributed by atoms with Crippen LogP contribution in [-0.2, 0) is 12.0 Å². The number of methoxy groups -OCH3 is 1. The van der Waals surface area contributed by atoms with Crippen LogP contribution in [0.15, 0.2) is 77.2 Å². The summed E-state index contributed by atoms with van der Waals surface area (Å²) < 4.78 is 11.9. The third-order valence-corrected chi connectivity index (χ3v) is 6.33. The Balaban J connectivity index is 1.46. The summed E-state index contributed by atoms with van der Waals surface area (Å²) >= 11 is 1.52. The molecule has 0 amide bonds. The number of hydrogen-bond acceptors (Lipinski definition) is 6. The van der Waals surface area contributed by atoms with Crippen LogP contribution in [0.3, 0.4) is 0 Å². The zero-order valence-electron chi connectivity index (χ0n) is 20.8. The average Bonchev–Trinajstić information content (AvgIpc) is 3.31. The van der Waals surface area contributed by atoms with E-state index in [1.807, 2.05) is 53.9 Å². The molecule has 1 aromatic heterocycles. The zero-order valence-corrected chi connectivity index (χ0v) is 21.6. The molecule has 0 fully saturated rings. The summed E-state index contributed by atoms with van der Waals surface area (Å²) in [5, 5.41) is 7.15. The van der Waals surface area contributed by atoms with Crippen LogP contribution < -0.4 is 14.9 Å². The van der Waals surface area contributed by atoms with Crippen LogP contribution in [0.25, 0.3) is 11.3 Å². The van der Waals surface area contributed by atoms with Crippen molar-refractivity contribution < 1.29 is 9.47 Å². The van der Waals surface area contributed by atoms with Gasteiger partial charge in [0.25, 0.3) is 0 Å². The molecule has 0 spiro atoms. The standard InChI is InChI=1S/C29H31N3O2S/c1-20-11-13-24(29(2,3)4)27(15-20)34-18-23-16-21(12-14-26(23)33-5)17-30-32-28-31-25(19-35-28)22-9-7-6-8-10-22/h6-17,19H,18H2,1-5H3,(H,31,32). The molecule has 5 nitrogen and oxygen atoms in total. The van der Waals surface area contributed by atoms with Crippen molar-refractivity contribution in [3.05, 3.63) is 94.4 Å².